The van der Waals surface area contributed by atoms with E-state index >= 15 is 0 Å². The SMILES string of the molecule is C[C@@H]1[C@@H](C)N(C(=O)COc2ccc(Cl)cc2)CCN1Cc1ccc(F)cc1. The highest BCUT2D eigenvalue weighted by Crippen LogP contribution is 2.21. The number of halogens is 2. The normalized spacial score (nSPS) is 20.5. The van der Waals surface area contributed by atoms with Crippen molar-refractivity contribution in [2.45, 2.75) is 32.5 Å². The van der Waals surface area contributed by atoms with E-state index in [1.165, 1.54) is 12.1 Å². The summed E-state index contributed by atoms with van der Waals surface area (Å²) in [6, 6.07) is 13.8. The summed E-state index contributed by atoms with van der Waals surface area (Å²) in [6.07, 6.45) is 0. The van der Waals surface area contributed by atoms with E-state index in [2.05, 4.69) is 18.7 Å². The van der Waals surface area contributed by atoms with Gasteiger partial charge in [-0.25, -0.2) is 4.39 Å². The van der Waals surface area contributed by atoms with Crippen LogP contribution in [0.1, 0.15) is 19.4 Å². The minimum Gasteiger partial charge on any atom is -0.484 e. The molecular formula is C21H24ClFN2O2. The third kappa shape index (κ3) is 4.99. The van der Waals surface area contributed by atoms with Crippen LogP contribution in [-0.4, -0.2) is 47.5 Å². The van der Waals surface area contributed by atoms with Crippen molar-refractivity contribution in [3.8, 4) is 5.75 Å². The molecule has 1 aliphatic heterocycles. The van der Waals surface area contributed by atoms with Crippen LogP contribution < -0.4 is 4.74 Å². The molecule has 1 saturated heterocycles. The van der Waals surface area contributed by atoms with Crippen LogP contribution in [0.15, 0.2) is 48.5 Å². The van der Waals surface area contributed by atoms with Gasteiger partial charge >= 0.3 is 0 Å². The molecule has 6 heteroatoms. The average Bonchev–Trinajstić information content (AvgIpc) is 2.66. The molecule has 0 aliphatic carbocycles. The lowest BCUT2D eigenvalue weighted by atomic mass is 10.0. The van der Waals surface area contributed by atoms with Gasteiger partial charge in [-0.05, 0) is 55.8 Å². The zero-order valence-electron chi connectivity index (χ0n) is 15.6. The highest BCUT2D eigenvalue weighted by Gasteiger charge is 2.33. The Morgan fingerprint density at radius 1 is 1.07 bits per heavy atom. The van der Waals surface area contributed by atoms with Crippen LogP contribution in [0.3, 0.4) is 0 Å². The molecule has 0 saturated carbocycles. The molecule has 0 bridgehead atoms. The minimum atomic E-state index is -0.226. The summed E-state index contributed by atoms with van der Waals surface area (Å²) in [5.74, 6) is 0.380. The maximum Gasteiger partial charge on any atom is 0.260 e. The zero-order valence-corrected chi connectivity index (χ0v) is 16.3. The van der Waals surface area contributed by atoms with Crippen molar-refractivity contribution < 1.29 is 13.9 Å². The molecule has 3 rings (SSSR count). The van der Waals surface area contributed by atoms with Gasteiger partial charge in [0, 0.05) is 36.7 Å². The van der Waals surface area contributed by atoms with Crippen LogP contribution in [-0.2, 0) is 11.3 Å². The van der Waals surface area contributed by atoms with E-state index in [1.54, 1.807) is 24.3 Å². The van der Waals surface area contributed by atoms with Crippen LogP contribution >= 0.6 is 11.6 Å². The van der Waals surface area contributed by atoms with Gasteiger partial charge in [0.25, 0.3) is 5.91 Å². The highest BCUT2D eigenvalue weighted by molar-refractivity contribution is 6.30. The largest absolute Gasteiger partial charge is 0.484 e. The van der Waals surface area contributed by atoms with Gasteiger partial charge in [-0.1, -0.05) is 23.7 Å². The van der Waals surface area contributed by atoms with Crippen molar-refractivity contribution in [2.24, 2.45) is 0 Å². The third-order valence-corrected chi connectivity index (χ3v) is 5.44. The number of amides is 1. The Morgan fingerprint density at radius 3 is 2.41 bits per heavy atom. The smallest absolute Gasteiger partial charge is 0.260 e. The standard InChI is InChI=1S/C21H24ClFN2O2/c1-15-16(2)25(21(26)14-27-20-9-5-18(22)6-10-20)12-11-24(15)13-17-3-7-19(23)8-4-17/h3-10,15-16H,11-14H2,1-2H3/t15-,16-/m1/s1. The maximum atomic E-state index is 13.1. The van der Waals surface area contributed by atoms with Crippen molar-refractivity contribution in [3.63, 3.8) is 0 Å². The molecule has 1 amide bonds. The summed E-state index contributed by atoms with van der Waals surface area (Å²) in [7, 11) is 0. The summed E-state index contributed by atoms with van der Waals surface area (Å²) in [5.41, 5.74) is 1.07. The van der Waals surface area contributed by atoms with Crippen molar-refractivity contribution >= 4 is 17.5 Å². The van der Waals surface area contributed by atoms with Gasteiger partial charge in [0.15, 0.2) is 6.61 Å². The Bertz CT molecular complexity index is 767. The summed E-state index contributed by atoms with van der Waals surface area (Å²) < 4.78 is 18.7. The third-order valence-electron chi connectivity index (χ3n) is 5.19. The van der Waals surface area contributed by atoms with Gasteiger partial charge in [-0.2, -0.15) is 0 Å². The van der Waals surface area contributed by atoms with E-state index in [-0.39, 0.29) is 30.4 Å². The lowest BCUT2D eigenvalue weighted by Gasteiger charge is -2.45. The fourth-order valence-electron chi connectivity index (χ4n) is 3.37. The summed E-state index contributed by atoms with van der Waals surface area (Å²) in [6.45, 7) is 6.35. The Kier molecular flexibility index (Phi) is 6.34. The molecule has 2 atom stereocenters. The quantitative estimate of drug-likeness (QED) is 0.774. The Morgan fingerprint density at radius 2 is 1.74 bits per heavy atom. The van der Waals surface area contributed by atoms with Crippen molar-refractivity contribution in [1.29, 1.82) is 0 Å². The summed E-state index contributed by atoms with van der Waals surface area (Å²) in [5, 5.41) is 0.633. The molecule has 2 aromatic rings. The molecular weight excluding hydrogens is 367 g/mol. The molecule has 0 spiro atoms. The van der Waals surface area contributed by atoms with E-state index in [1.807, 2.05) is 17.0 Å². The zero-order chi connectivity index (χ0) is 19.4. The fraction of sp³-hybridized carbons (Fsp3) is 0.381. The second-order valence-electron chi connectivity index (χ2n) is 6.91. The average molecular weight is 391 g/mol. The van der Waals surface area contributed by atoms with Gasteiger partial charge in [-0.3, -0.25) is 9.69 Å². The molecule has 0 radical (unpaired) electrons. The molecule has 0 aromatic heterocycles. The first-order valence-electron chi connectivity index (χ1n) is 9.10. The van der Waals surface area contributed by atoms with E-state index in [0.29, 0.717) is 17.3 Å². The van der Waals surface area contributed by atoms with Crippen molar-refractivity contribution in [2.75, 3.05) is 19.7 Å². The van der Waals surface area contributed by atoms with Crippen molar-refractivity contribution in [1.82, 2.24) is 9.80 Å². The first-order chi connectivity index (χ1) is 12.9. The Hall–Kier alpha value is -2.11. The number of rotatable bonds is 5. The fourth-order valence-corrected chi connectivity index (χ4v) is 3.49. The second kappa shape index (κ2) is 8.72. The van der Waals surface area contributed by atoms with Crippen molar-refractivity contribution in [3.05, 3.63) is 64.9 Å². The number of carbonyl (C=O) groups is 1. The summed E-state index contributed by atoms with van der Waals surface area (Å²) >= 11 is 5.86. The van der Waals surface area contributed by atoms with E-state index in [0.717, 1.165) is 18.7 Å². The minimum absolute atomic E-state index is 0.0106. The van der Waals surface area contributed by atoms with E-state index < -0.39 is 0 Å². The van der Waals surface area contributed by atoms with Gasteiger partial charge in [0.05, 0.1) is 0 Å². The number of nitrogens with zero attached hydrogens (tertiary/aromatic N) is 2. The topological polar surface area (TPSA) is 32.8 Å². The highest BCUT2D eigenvalue weighted by atomic mass is 35.5. The first kappa shape index (κ1) is 19.6. The van der Waals surface area contributed by atoms with Crippen LogP contribution in [0, 0.1) is 5.82 Å². The number of piperazine rings is 1. The number of hydrogen-bond donors (Lipinski definition) is 0. The number of ether oxygens (including phenoxy) is 1. The van der Waals surface area contributed by atoms with E-state index in [9.17, 15) is 9.18 Å². The predicted molar refractivity (Wildman–Crippen MR) is 104 cm³/mol. The monoisotopic (exact) mass is 390 g/mol. The van der Waals surface area contributed by atoms with Gasteiger partial charge < -0.3 is 9.64 Å². The molecule has 1 heterocycles. The molecule has 27 heavy (non-hydrogen) atoms. The molecule has 2 aromatic carbocycles. The van der Waals surface area contributed by atoms with Crippen LogP contribution in [0.25, 0.3) is 0 Å². The van der Waals surface area contributed by atoms with Crippen LogP contribution in [0.2, 0.25) is 5.02 Å². The second-order valence-corrected chi connectivity index (χ2v) is 7.34. The lowest BCUT2D eigenvalue weighted by Crippen LogP contribution is -2.59. The molecule has 4 nitrogen and oxygen atoms in total. The molecule has 0 N–H and O–H groups in total. The Balaban J connectivity index is 1.55. The van der Waals surface area contributed by atoms with Crippen LogP contribution in [0.5, 0.6) is 5.75 Å². The lowest BCUT2D eigenvalue weighted by molar-refractivity contribution is -0.139. The molecule has 144 valence electrons. The molecule has 1 aliphatic rings. The molecule has 0 unspecified atom stereocenters. The van der Waals surface area contributed by atoms with Gasteiger partial charge in [0.1, 0.15) is 11.6 Å². The maximum absolute atomic E-state index is 13.1. The number of hydrogen-bond acceptors (Lipinski definition) is 3. The van der Waals surface area contributed by atoms with Crippen LogP contribution in [0.4, 0.5) is 4.39 Å². The first-order valence-corrected chi connectivity index (χ1v) is 9.48. The van der Waals surface area contributed by atoms with E-state index in [4.69, 9.17) is 16.3 Å². The molecule has 1 fully saturated rings. The number of benzene rings is 2. The van der Waals surface area contributed by atoms with Gasteiger partial charge in [-0.15, -0.1) is 0 Å². The predicted octanol–water partition coefficient (Wildman–Crippen LogP) is 3.98. The number of carbonyl (C=O) groups excluding carboxylic acids is 1. The van der Waals surface area contributed by atoms with Gasteiger partial charge in [0.2, 0.25) is 0 Å². The summed E-state index contributed by atoms with van der Waals surface area (Å²) in [4.78, 5) is 16.8. The Labute approximate surface area is 164 Å².